The standard InChI is InChI=1S/C14H27N3O3/c1-4-5-11(2)15-13(18)10-16-6-8-17(9-7-16)12(3)14(19)20/h11-12H,4-10H2,1-3H3,(H,15,18)(H,19,20). The van der Waals surface area contributed by atoms with Gasteiger partial charge in [0.25, 0.3) is 0 Å². The minimum atomic E-state index is -0.787. The van der Waals surface area contributed by atoms with Gasteiger partial charge in [0.15, 0.2) is 0 Å². The monoisotopic (exact) mass is 285 g/mol. The third-order valence-electron chi connectivity index (χ3n) is 3.81. The lowest BCUT2D eigenvalue weighted by atomic mass is 10.2. The molecule has 6 heteroatoms. The van der Waals surface area contributed by atoms with E-state index >= 15 is 0 Å². The van der Waals surface area contributed by atoms with Crippen molar-refractivity contribution in [3.63, 3.8) is 0 Å². The summed E-state index contributed by atoms with van der Waals surface area (Å²) in [4.78, 5) is 26.8. The number of nitrogens with zero attached hydrogens (tertiary/aromatic N) is 2. The van der Waals surface area contributed by atoms with E-state index in [1.807, 2.05) is 11.8 Å². The fourth-order valence-corrected chi connectivity index (χ4v) is 2.49. The second kappa shape index (κ2) is 8.21. The van der Waals surface area contributed by atoms with Crippen LogP contribution in [0.25, 0.3) is 0 Å². The van der Waals surface area contributed by atoms with E-state index in [4.69, 9.17) is 5.11 Å². The molecular weight excluding hydrogens is 258 g/mol. The van der Waals surface area contributed by atoms with Gasteiger partial charge in [0.2, 0.25) is 5.91 Å². The number of carboxylic acid groups (broad SMARTS) is 1. The van der Waals surface area contributed by atoms with Crippen LogP contribution in [0.2, 0.25) is 0 Å². The predicted molar refractivity (Wildman–Crippen MR) is 77.6 cm³/mol. The van der Waals surface area contributed by atoms with Gasteiger partial charge in [0.1, 0.15) is 6.04 Å². The predicted octanol–water partition coefficient (Wildman–Crippen LogP) is 0.382. The Hall–Kier alpha value is -1.14. The van der Waals surface area contributed by atoms with Crippen LogP contribution < -0.4 is 5.32 Å². The first kappa shape index (κ1) is 16.9. The SMILES string of the molecule is CCCC(C)NC(=O)CN1CCN(C(C)C(=O)O)CC1. The van der Waals surface area contributed by atoms with Gasteiger partial charge >= 0.3 is 5.97 Å². The van der Waals surface area contributed by atoms with E-state index in [9.17, 15) is 9.59 Å². The van der Waals surface area contributed by atoms with Crippen molar-refractivity contribution in [2.24, 2.45) is 0 Å². The molecule has 0 aliphatic carbocycles. The molecule has 0 aromatic heterocycles. The highest BCUT2D eigenvalue weighted by Crippen LogP contribution is 2.06. The highest BCUT2D eigenvalue weighted by Gasteiger charge is 2.25. The van der Waals surface area contributed by atoms with Crippen LogP contribution in [0.15, 0.2) is 0 Å². The molecule has 0 aromatic carbocycles. The number of nitrogens with one attached hydrogen (secondary N) is 1. The van der Waals surface area contributed by atoms with Crippen molar-refractivity contribution >= 4 is 11.9 Å². The molecule has 1 fully saturated rings. The van der Waals surface area contributed by atoms with Crippen molar-refractivity contribution < 1.29 is 14.7 Å². The van der Waals surface area contributed by atoms with Crippen LogP contribution in [0.3, 0.4) is 0 Å². The van der Waals surface area contributed by atoms with Gasteiger partial charge in [-0.05, 0) is 20.3 Å². The first-order valence-electron chi connectivity index (χ1n) is 7.42. The van der Waals surface area contributed by atoms with Crippen LogP contribution in [0.1, 0.15) is 33.6 Å². The van der Waals surface area contributed by atoms with Gasteiger partial charge in [-0.2, -0.15) is 0 Å². The second-order valence-corrected chi connectivity index (χ2v) is 5.58. The zero-order chi connectivity index (χ0) is 15.1. The fraction of sp³-hybridized carbons (Fsp3) is 0.857. The van der Waals surface area contributed by atoms with E-state index in [2.05, 4.69) is 17.1 Å². The Morgan fingerprint density at radius 3 is 2.30 bits per heavy atom. The Kier molecular flexibility index (Phi) is 6.95. The lowest BCUT2D eigenvalue weighted by Gasteiger charge is -2.36. The number of carbonyl (C=O) groups excluding carboxylic acids is 1. The van der Waals surface area contributed by atoms with E-state index in [0.29, 0.717) is 19.6 Å². The number of hydrogen-bond acceptors (Lipinski definition) is 4. The lowest BCUT2D eigenvalue weighted by molar-refractivity contribution is -0.143. The van der Waals surface area contributed by atoms with Crippen molar-refractivity contribution in [1.82, 2.24) is 15.1 Å². The number of carbonyl (C=O) groups is 2. The highest BCUT2D eigenvalue weighted by atomic mass is 16.4. The molecule has 116 valence electrons. The largest absolute Gasteiger partial charge is 0.480 e. The quantitative estimate of drug-likeness (QED) is 0.707. The average Bonchev–Trinajstić information content (AvgIpc) is 2.38. The Morgan fingerprint density at radius 1 is 1.20 bits per heavy atom. The molecule has 1 amide bonds. The fourth-order valence-electron chi connectivity index (χ4n) is 2.49. The number of carboxylic acids is 1. The summed E-state index contributed by atoms with van der Waals surface area (Å²) >= 11 is 0. The first-order chi connectivity index (χ1) is 9.43. The van der Waals surface area contributed by atoms with Gasteiger partial charge in [-0.3, -0.25) is 19.4 Å². The number of rotatable bonds is 7. The molecule has 2 N–H and O–H groups in total. The maximum absolute atomic E-state index is 11.9. The second-order valence-electron chi connectivity index (χ2n) is 5.58. The van der Waals surface area contributed by atoms with Gasteiger partial charge < -0.3 is 10.4 Å². The van der Waals surface area contributed by atoms with E-state index in [0.717, 1.165) is 25.9 Å². The normalized spacial score (nSPS) is 20.4. The third kappa shape index (κ3) is 5.46. The van der Waals surface area contributed by atoms with Crippen LogP contribution in [0, 0.1) is 0 Å². The first-order valence-corrected chi connectivity index (χ1v) is 7.42. The zero-order valence-corrected chi connectivity index (χ0v) is 12.8. The van der Waals surface area contributed by atoms with Crippen molar-refractivity contribution in [3.8, 4) is 0 Å². The molecule has 2 atom stereocenters. The molecule has 0 bridgehead atoms. The Balaban J connectivity index is 2.28. The molecule has 2 unspecified atom stereocenters. The molecule has 1 rings (SSSR count). The Bertz CT molecular complexity index is 328. The summed E-state index contributed by atoms with van der Waals surface area (Å²) in [5, 5.41) is 12.0. The van der Waals surface area contributed by atoms with Crippen LogP contribution in [0.4, 0.5) is 0 Å². The van der Waals surface area contributed by atoms with Crippen LogP contribution in [0.5, 0.6) is 0 Å². The molecule has 1 heterocycles. The molecule has 20 heavy (non-hydrogen) atoms. The summed E-state index contributed by atoms with van der Waals surface area (Å²) in [5.41, 5.74) is 0. The maximum Gasteiger partial charge on any atom is 0.320 e. The van der Waals surface area contributed by atoms with E-state index < -0.39 is 12.0 Å². The van der Waals surface area contributed by atoms with Crippen molar-refractivity contribution in [3.05, 3.63) is 0 Å². The molecular formula is C14H27N3O3. The van der Waals surface area contributed by atoms with Gasteiger partial charge in [-0.25, -0.2) is 0 Å². The number of hydrogen-bond donors (Lipinski definition) is 2. The van der Waals surface area contributed by atoms with Crippen molar-refractivity contribution in [2.75, 3.05) is 32.7 Å². The zero-order valence-electron chi connectivity index (χ0n) is 12.8. The summed E-state index contributed by atoms with van der Waals surface area (Å²) in [6.07, 6.45) is 2.06. The molecule has 1 aliphatic heterocycles. The summed E-state index contributed by atoms with van der Waals surface area (Å²) in [7, 11) is 0. The van der Waals surface area contributed by atoms with Gasteiger partial charge in [-0.15, -0.1) is 0 Å². The Morgan fingerprint density at radius 2 is 1.80 bits per heavy atom. The van der Waals surface area contributed by atoms with Gasteiger partial charge in [-0.1, -0.05) is 13.3 Å². The lowest BCUT2D eigenvalue weighted by Crippen LogP contribution is -2.53. The van der Waals surface area contributed by atoms with E-state index in [-0.39, 0.29) is 11.9 Å². The average molecular weight is 285 g/mol. The topological polar surface area (TPSA) is 72.9 Å². The number of piperazine rings is 1. The smallest absolute Gasteiger partial charge is 0.320 e. The summed E-state index contributed by atoms with van der Waals surface area (Å²) in [6.45, 7) is 9.12. The number of aliphatic carboxylic acids is 1. The molecule has 0 saturated carbocycles. The summed E-state index contributed by atoms with van der Waals surface area (Å²) < 4.78 is 0. The molecule has 1 saturated heterocycles. The molecule has 0 aromatic rings. The maximum atomic E-state index is 11.9. The van der Waals surface area contributed by atoms with E-state index in [1.54, 1.807) is 6.92 Å². The molecule has 1 aliphatic rings. The number of amides is 1. The van der Waals surface area contributed by atoms with Crippen LogP contribution in [-0.4, -0.2) is 71.6 Å². The third-order valence-corrected chi connectivity index (χ3v) is 3.81. The summed E-state index contributed by atoms with van der Waals surface area (Å²) in [6, 6.07) is -0.226. The molecule has 6 nitrogen and oxygen atoms in total. The minimum absolute atomic E-state index is 0.0608. The van der Waals surface area contributed by atoms with Crippen LogP contribution >= 0.6 is 0 Å². The van der Waals surface area contributed by atoms with Gasteiger partial charge in [0.05, 0.1) is 6.54 Å². The Labute approximate surface area is 121 Å². The molecule has 0 radical (unpaired) electrons. The van der Waals surface area contributed by atoms with Crippen molar-refractivity contribution in [1.29, 1.82) is 0 Å². The highest BCUT2D eigenvalue weighted by molar-refractivity contribution is 5.78. The summed E-state index contributed by atoms with van der Waals surface area (Å²) in [5.74, 6) is -0.727. The van der Waals surface area contributed by atoms with Crippen LogP contribution in [-0.2, 0) is 9.59 Å². The molecule has 0 spiro atoms. The van der Waals surface area contributed by atoms with E-state index in [1.165, 1.54) is 0 Å². The minimum Gasteiger partial charge on any atom is -0.480 e. The van der Waals surface area contributed by atoms with Gasteiger partial charge in [0, 0.05) is 32.2 Å². The van der Waals surface area contributed by atoms with Crippen molar-refractivity contribution in [2.45, 2.75) is 45.7 Å².